The second-order valence-electron chi connectivity index (χ2n) is 5.31. The fourth-order valence-corrected chi connectivity index (χ4v) is 3.24. The van der Waals surface area contributed by atoms with Gasteiger partial charge in [-0.3, -0.25) is 4.90 Å². The summed E-state index contributed by atoms with van der Waals surface area (Å²) < 4.78 is 4.03. The van der Waals surface area contributed by atoms with Crippen molar-refractivity contribution in [3.05, 3.63) is 5.69 Å². The number of anilines is 1. The van der Waals surface area contributed by atoms with E-state index in [9.17, 15) is 5.11 Å². The van der Waals surface area contributed by atoms with Crippen molar-refractivity contribution in [2.45, 2.75) is 57.7 Å². The van der Waals surface area contributed by atoms with E-state index < -0.39 is 0 Å². The van der Waals surface area contributed by atoms with Crippen molar-refractivity contribution >= 4 is 16.5 Å². The highest BCUT2D eigenvalue weighted by Crippen LogP contribution is 2.25. The van der Waals surface area contributed by atoms with Gasteiger partial charge >= 0.3 is 0 Å². The van der Waals surface area contributed by atoms with Crippen molar-refractivity contribution in [1.82, 2.24) is 14.5 Å². The quantitative estimate of drug-likeness (QED) is 0.837. The Balaban J connectivity index is 1.94. The van der Waals surface area contributed by atoms with Gasteiger partial charge in [0.15, 0.2) is 0 Å². The molecule has 0 bridgehead atoms. The Kier molecular flexibility index (Phi) is 5.54. The van der Waals surface area contributed by atoms with Gasteiger partial charge in [-0.1, -0.05) is 24.3 Å². The Morgan fingerprint density at radius 2 is 2.21 bits per heavy atom. The molecule has 5 nitrogen and oxygen atoms in total. The summed E-state index contributed by atoms with van der Waals surface area (Å²) in [6.45, 7) is 3.85. The lowest BCUT2D eigenvalue weighted by molar-refractivity contribution is 0.0284. The second kappa shape index (κ2) is 7.17. The van der Waals surface area contributed by atoms with Crippen LogP contribution in [-0.4, -0.2) is 45.3 Å². The summed E-state index contributed by atoms with van der Waals surface area (Å²) in [4.78, 5) is 2.22. The molecule has 108 valence electrons. The molecule has 1 aromatic heterocycles. The van der Waals surface area contributed by atoms with Crippen molar-refractivity contribution < 1.29 is 5.11 Å². The van der Waals surface area contributed by atoms with E-state index >= 15 is 0 Å². The van der Waals surface area contributed by atoms with Crippen LogP contribution in [0.3, 0.4) is 0 Å². The van der Waals surface area contributed by atoms with E-state index in [2.05, 4.69) is 33.8 Å². The monoisotopic (exact) mass is 284 g/mol. The summed E-state index contributed by atoms with van der Waals surface area (Å²) in [5, 5.41) is 18.7. The van der Waals surface area contributed by atoms with Crippen LogP contribution >= 0.6 is 11.5 Å². The van der Waals surface area contributed by atoms with Crippen LogP contribution in [0.4, 0.5) is 5.00 Å². The Hall–Kier alpha value is -0.720. The first-order valence-corrected chi connectivity index (χ1v) is 7.93. The molecule has 19 heavy (non-hydrogen) atoms. The Morgan fingerprint density at radius 3 is 2.95 bits per heavy atom. The van der Waals surface area contributed by atoms with Crippen LogP contribution < -0.4 is 5.32 Å². The average molecular weight is 284 g/mol. The minimum absolute atomic E-state index is 0.197. The average Bonchev–Trinajstić information content (AvgIpc) is 2.84. The van der Waals surface area contributed by atoms with Gasteiger partial charge in [0.2, 0.25) is 0 Å². The Labute approximate surface area is 119 Å². The van der Waals surface area contributed by atoms with Crippen LogP contribution in [0.5, 0.6) is 0 Å². The molecule has 1 aliphatic rings. The van der Waals surface area contributed by atoms with Crippen LogP contribution in [0.2, 0.25) is 0 Å². The molecule has 1 heterocycles. The fourth-order valence-electron chi connectivity index (χ4n) is 2.64. The summed E-state index contributed by atoms with van der Waals surface area (Å²) in [6, 6.07) is 0.259. The first-order chi connectivity index (χ1) is 9.22. The number of likely N-dealkylation sites (N-methyl/N-ethyl adjacent to an activating group) is 1. The zero-order valence-electron chi connectivity index (χ0n) is 11.8. The van der Waals surface area contributed by atoms with Crippen LogP contribution in [0.25, 0.3) is 0 Å². The maximum atomic E-state index is 10.1. The molecule has 6 heteroatoms. The van der Waals surface area contributed by atoms with Crippen molar-refractivity contribution in [3.8, 4) is 0 Å². The van der Waals surface area contributed by atoms with E-state index in [4.69, 9.17) is 0 Å². The fraction of sp³-hybridized carbons (Fsp3) is 0.846. The number of nitrogens with zero attached hydrogens (tertiary/aromatic N) is 3. The van der Waals surface area contributed by atoms with Gasteiger partial charge in [0, 0.05) is 30.7 Å². The summed E-state index contributed by atoms with van der Waals surface area (Å²) >= 11 is 1.42. The molecule has 2 N–H and O–H groups in total. The first-order valence-electron chi connectivity index (χ1n) is 7.15. The second-order valence-corrected chi connectivity index (χ2v) is 6.06. The zero-order valence-corrected chi connectivity index (χ0v) is 12.6. The zero-order chi connectivity index (χ0) is 13.7. The molecule has 0 saturated heterocycles. The SMILES string of the molecule is CCCNc1snnc1CN(C)C1CCCCC1O. The molecule has 0 aliphatic heterocycles. The van der Waals surface area contributed by atoms with E-state index in [0.717, 1.165) is 49.5 Å². The summed E-state index contributed by atoms with van der Waals surface area (Å²) in [7, 11) is 2.07. The van der Waals surface area contributed by atoms with E-state index in [-0.39, 0.29) is 12.1 Å². The van der Waals surface area contributed by atoms with Crippen molar-refractivity contribution in [2.24, 2.45) is 0 Å². The van der Waals surface area contributed by atoms with Gasteiger partial charge in [0.1, 0.15) is 10.7 Å². The van der Waals surface area contributed by atoms with E-state index in [0.29, 0.717) is 0 Å². The van der Waals surface area contributed by atoms with Gasteiger partial charge in [0.25, 0.3) is 0 Å². The van der Waals surface area contributed by atoms with Gasteiger partial charge in [0.05, 0.1) is 6.10 Å². The normalized spacial score (nSPS) is 23.8. The Morgan fingerprint density at radius 1 is 1.42 bits per heavy atom. The third-order valence-corrected chi connectivity index (χ3v) is 4.48. The molecule has 0 amide bonds. The van der Waals surface area contributed by atoms with Gasteiger partial charge in [-0.2, -0.15) is 0 Å². The lowest BCUT2D eigenvalue weighted by atomic mass is 9.91. The molecular weight excluding hydrogens is 260 g/mol. The van der Waals surface area contributed by atoms with Crippen LogP contribution in [0.1, 0.15) is 44.7 Å². The number of rotatable bonds is 6. The van der Waals surface area contributed by atoms with Crippen molar-refractivity contribution in [1.29, 1.82) is 0 Å². The largest absolute Gasteiger partial charge is 0.391 e. The van der Waals surface area contributed by atoms with E-state index in [1.807, 2.05) is 0 Å². The molecule has 2 atom stereocenters. The predicted molar refractivity (Wildman–Crippen MR) is 78.4 cm³/mol. The molecule has 2 rings (SSSR count). The predicted octanol–water partition coefficient (Wildman–Crippen LogP) is 2.10. The number of hydrogen-bond donors (Lipinski definition) is 2. The van der Waals surface area contributed by atoms with Gasteiger partial charge in [-0.05, 0) is 26.3 Å². The summed E-state index contributed by atoms with van der Waals surface area (Å²) in [5.74, 6) is 0. The molecule has 1 aromatic rings. The minimum Gasteiger partial charge on any atom is -0.391 e. The number of aliphatic hydroxyl groups excluding tert-OH is 1. The maximum Gasteiger partial charge on any atom is 0.134 e. The molecule has 1 fully saturated rings. The highest BCUT2D eigenvalue weighted by molar-refractivity contribution is 7.10. The number of aliphatic hydroxyl groups is 1. The van der Waals surface area contributed by atoms with E-state index in [1.54, 1.807) is 0 Å². The van der Waals surface area contributed by atoms with E-state index in [1.165, 1.54) is 18.0 Å². The van der Waals surface area contributed by atoms with Gasteiger partial charge in [-0.15, -0.1) is 5.10 Å². The molecule has 1 saturated carbocycles. The van der Waals surface area contributed by atoms with Gasteiger partial charge < -0.3 is 10.4 Å². The molecule has 0 aromatic carbocycles. The smallest absolute Gasteiger partial charge is 0.134 e. The number of nitrogens with one attached hydrogen (secondary N) is 1. The van der Waals surface area contributed by atoms with Crippen molar-refractivity contribution in [2.75, 3.05) is 18.9 Å². The third-order valence-electron chi connectivity index (χ3n) is 3.75. The minimum atomic E-state index is -0.197. The first kappa shape index (κ1) is 14.7. The standard InChI is InChI=1S/C13H24N4OS/c1-3-8-14-13-10(15-16-19-13)9-17(2)11-6-4-5-7-12(11)18/h11-12,14,18H,3-9H2,1-2H3. The summed E-state index contributed by atoms with van der Waals surface area (Å²) in [5.41, 5.74) is 0.999. The Bertz CT molecular complexity index is 384. The number of aromatic nitrogens is 2. The third kappa shape index (κ3) is 3.87. The highest BCUT2D eigenvalue weighted by Gasteiger charge is 2.27. The summed E-state index contributed by atoms with van der Waals surface area (Å²) in [6.07, 6.45) is 5.25. The van der Waals surface area contributed by atoms with Crippen LogP contribution in [-0.2, 0) is 6.54 Å². The number of hydrogen-bond acceptors (Lipinski definition) is 6. The van der Waals surface area contributed by atoms with Crippen LogP contribution in [0, 0.1) is 0 Å². The lowest BCUT2D eigenvalue weighted by Gasteiger charge is -2.34. The van der Waals surface area contributed by atoms with Gasteiger partial charge in [-0.25, -0.2) is 0 Å². The maximum absolute atomic E-state index is 10.1. The van der Waals surface area contributed by atoms with Crippen molar-refractivity contribution in [3.63, 3.8) is 0 Å². The molecule has 2 unspecified atom stereocenters. The molecular formula is C13H24N4OS. The van der Waals surface area contributed by atoms with Crippen LogP contribution in [0.15, 0.2) is 0 Å². The highest BCUT2D eigenvalue weighted by atomic mass is 32.1. The molecule has 0 spiro atoms. The molecule has 1 aliphatic carbocycles. The topological polar surface area (TPSA) is 61.3 Å². The lowest BCUT2D eigenvalue weighted by Crippen LogP contribution is -2.43. The molecule has 0 radical (unpaired) electrons.